The van der Waals surface area contributed by atoms with Gasteiger partial charge in [-0.1, -0.05) is 12.2 Å². The highest BCUT2D eigenvalue weighted by Gasteiger charge is 1.86. The lowest BCUT2D eigenvalue weighted by Crippen LogP contribution is -2.30. The van der Waals surface area contributed by atoms with Crippen molar-refractivity contribution in [1.29, 1.82) is 0 Å². The Labute approximate surface area is 50.3 Å². The van der Waals surface area contributed by atoms with Crippen LogP contribution >= 0.6 is 0 Å². The second kappa shape index (κ2) is 4.56. The molecule has 0 spiro atoms. The third-order valence-corrected chi connectivity index (χ3v) is 0.727. The van der Waals surface area contributed by atoms with Crippen molar-refractivity contribution in [2.45, 2.75) is 0 Å². The average molecular weight is 112 g/mol. The van der Waals surface area contributed by atoms with Gasteiger partial charge in [0, 0.05) is 13.1 Å². The zero-order chi connectivity index (χ0) is 6.41. The van der Waals surface area contributed by atoms with E-state index in [-0.39, 0.29) is 0 Å². The standard InChI is InChI=1S/C6H12N2/c1-3-5-8(7)6-4-2/h3-4H,1-2,5-7H2. The molecular formula is C6H12N2. The maximum atomic E-state index is 5.39. The Balaban J connectivity index is 3.16. The lowest BCUT2D eigenvalue weighted by molar-refractivity contribution is 0.351. The third-order valence-electron chi connectivity index (χ3n) is 0.727. The fourth-order valence-corrected chi connectivity index (χ4v) is 0.406. The van der Waals surface area contributed by atoms with E-state index in [0.29, 0.717) is 13.1 Å². The molecule has 0 heterocycles. The van der Waals surface area contributed by atoms with E-state index in [1.165, 1.54) is 0 Å². The van der Waals surface area contributed by atoms with Crippen molar-refractivity contribution in [3.63, 3.8) is 0 Å². The Morgan fingerprint density at radius 1 is 1.25 bits per heavy atom. The molecule has 2 N–H and O–H groups in total. The number of hydrogen-bond acceptors (Lipinski definition) is 2. The Kier molecular flexibility index (Phi) is 4.21. The molecule has 0 bridgehead atoms. The summed E-state index contributed by atoms with van der Waals surface area (Å²) in [4.78, 5) is 0. The summed E-state index contributed by atoms with van der Waals surface area (Å²) in [5.41, 5.74) is 0. The zero-order valence-corrected chi connectivity index (χ0v) is 5.01. The van der Waals surface area contributed by atoms with Crippen molar-refractivity contribution in [2.75, 3.05) is 13.1 Å². The van der Waals surface area contributed by atoms with Gasteiger partial charge in [0.25, 0.3) is 0 Å². The number of nitrogens with zero attached hydrogens (tertiary/aromatic N) is 1. The highest BCUT2D eigenvalue weighted by atomic mass is 15.4. The van der Waals surface area contributed by atoms with E-state index in [1.54, 1.807) is 17.2 Å². The third kappa shape index (κ3) is 3.59. The van der Waals surface area contributed by atoms with Gasteiger partial charge in [0.15, 0.2) is 0 Å². The molecule has 0 saturated carbocycles. The molecule has 8 heavy (non-hydrogen) atoms. The first kappa shape index (κ1) is 7.40. The van der Waals surface area contributed by atoms with Crippen LogP contribution in [0, 0.1) is 0 Å². The molecule has 0 aromatic rings. The topological polar surface area (TPSA) is 29.3 Å². The molecule has 0 fully saturated rings. The molecule has 46 valence electrons. The highest BCUT2D eigenvalue weighted by molar-refractivity contribution is 4.75. The summed E-state index contributed by atoms with van der Waals surface area (Å²) in [7, 11) is 0. The highest BCUT2D eigenvalue weighted by Crippen LogP contribution is 1.75. The number of hydrazine groups is 1. The second-order valence-corrected chi connectivity index (χ2v) is 1.53. The van der Waals surface area contributed by atoms with Gasteiger partial charge in [-0.3, -0.25) is 5.84 Å². The summed E-state index contributed by atoms with van der Waals surface area (Å²) < 4.78 is 0. The Hall–Kier alpha value is -0.600. The van der Waals surface area contributed by atoms with E-state index in [1.807, 2.05) is 0 Å². The minimum absolute atomic E-state index is 0.714. The van der Waals surface area contributed by atoms with E-state index in [9.17, 15) is 0 Å². The SMILES string of the molecule is C=CCN(N)CC=C. The fraction of sp³-hybridized carbons (Fsp3) is 0.333. The predicted octanol–water partition coefficient (Wildman–Crippen LogP) is 0.534. The van der Waals surface area contributed by atoms with Crippen LogP contribution in [0.2, 0.25) is 0 Å². The van der Waals surface area contributed by atoms with Crippen molar-refractivity contribution >= 4 is 0 Å². The average Bonchev–Trinajstić information content (AvgIpc) is 1.68. The maximum absolute atomic E-state index is 5.39. The van der Waals surface area contributed by atoms with Gasteiger partial charge in [-0.25, -0.2) is 5.01 Å². The Morgan fingerprint density at radius 3 is 1.88 bits per heavy atom. The lowest BCUT2D eigenvalue weighted by Gasteiger charge is -2.08. The van der Waals surface area contributed by atoms with Gasteiger partial charge in [0.1, 0.15) is 0 Å². The number of hydrogen-bond donors (Lipinski definition) is 1. The number of nitrogens with two attached hydrogens (primary N) is 1. The van der Waals surface area contributed by atoms with Crippen molar-refractivity contribution in [3.8, 4) is 0 Å². The van der Waals surface area contributed by atoms with E-state index in [2.05, 4.69) is 13.2 Å². The summed E-state index contributed by atoms with van der Waals surface area (Å²) >= 11 is 0. The molecule has 0 saturated heterocycles. The van der Waals surface area contributed by atoms with Gasteiger partial charge in [-0.2, -0.15) is 0 Å². The smallest absolute Gasteiger partial charge is 0.0310 e. The molecule has 0 atom stereocenters. The van der Waals surface area contributed by atoms with Crippen LogP contribution in [0.1, 0.15) is 0 Å². The molecule has 0 unspecified atom stereocenters. The van der Waals surface area contributed by atoms with Gasteiger partial charge in [-0.15, -0.1) is 13.2 Å². The van der Waals surface area contributed by atoms with E-state index < -0.39 is 0 Å². The van der Waals surface area contributed by atoms with E-state index in [4.69, 9.17) is 5.84 Å². The first-order chi connectivity index (χ1) is 3.81. The molecule has 0 aromatic carbocycles. The van der Waals surface area contributed by atoms with Crippen LogP contribution in [0.25, 0.3) is 0 Å². The van der Waals surface area contributed by atoms with Gasteiger partial charge in [0.2, 0.25) is 0 Å². The fourth-order valence-electron chi connectivity index (χ4n) is 0.406. The Bertz CT molecular complexity index is 68.6. The normalized spacial score (nSPS) is 9.25. The van der Waals surface area contributed by atoms with Crippen molar-refractivity contribution in [2.24, 2.45) is 5.84 Å². The van der Waals surface area contributed by atoms with Crippen LogP contribution in [0.5, 0.6) is 0 Å². The van der Waals surface area contributed by atoms with Crippen LogP contribution in [0.3, 0.4) is 0 Å². The number of rotatable bonds is 4. The summed E-state index contributed by atoms with van der Waals surface area (Å²) in [5, 5.41) is 1.62. The minimum atomic E-state index is 0.714. The molecule has 0 amide bonds. The van der Waals surface area contributed by atoms with Crippen molar-refractivity contribution < 1.29 is 0 Å². The summed E-state index contributed by atoms with van der Waals surface area (Å²) in [6.45, 7) is 8.48. The first-order valence-electron chi connectivity index (χ1n) is 2.52. The van der Waals surface area contributed by atoms with Crippen molar-refractivity contribution in [3.05, 3.63) is 25.3 Å². The quantitative estimate of drug-likeness (QED) is 0.326. The maximum Gasteiger partial charge on any atom is 0.0310 e. The first-order valence-corrected chi connectivity index (χ1v) is 2.52. The predicted molar refractivity (Wildman–Crippen MR) is 36.2 cm³/mol. The second-order valence-electron chi connectivity index (χ2n) is 1.53. The minimum Gasteiger partial charge on any atom is -0.268 e. The lowest BCUT2D eigenvalue weighted by atomic mass is 10.5. The van der Waals surface area contributed by atoms with Gasteiger partial charge >= 0.3 is 0 Å². The van der Waals surface area contributed by atoms with Crippen LogP contribution in [0.4, 0.5) is 0 Å². The molecule has 0 aliphatic heterocycles. The summed E-state index contributed by atoms with van der Waals surface area (Å²) in [6, 6.07) is 0. The Morgan fingerprint density at radius 2 is 1.62 bits per heavy atom. The van der Waals surface area contributed by atoms with Crippen LogP contribution in [-0.2, 0) is 0 Å². The zero-order valence-electron chi connectivity index (χ0n) is 5.01. The molecule has 0 radical (unpaired) electrons. The molecule has 0 aromatic heterocycles. The molecule has 0 rings (SSSR count). The van der Waals surface area contributed by atoms with Crippen LogP contribution in [0.15, 0.2) is 25.3 Å². The molecule has 2 heteroatoms. The van der Waals surface area contributed by atoms with Crippen molar-refractivity contribution in [1.82, 2.24) is 5.01 Å². The summed E-state index contributed by atoms with van der Waals surface area (Å²) in [5.74, 6) is 5.39. The van der Waals surface area contributed by atoms with Gasteiger partial charge in [-0.05, 0) is 0 Å². The largest absolute Gasteiger partial charge is 0.268 e. The molecule has 2 nitrogen and oxygen atoms in total. The van der Waals surface area contributed by atoms with E-state index >= 15 is 0 Å². The molecule has 0 aliphatic rings. The monoisotopic (exact) mass is 112 g/mol. The van der Waals surface area contributed by atoms with Gasteiger partial charge < -0.3 is 0 Å². The molecular weight excluding hydrogens is 100 g/mol. The summed E-state index contributed by atoms with van der Waals surface area (Å²) in [6.07, 6.45) is 3.51. The van der Waals surface area contributed by atoms with Gasteiger partial charge in [0.05, 0.1) is 0 Å². The van der Waals surface area contributed by atoms with Crippen LogP contribution < -0.4 is 5.84 Å². The van der Waals surface area contributed by atoms with Crippen LogP contribution in [-0.4, -0.2) is 18.1 Å². The van der Waals surface area contributed by atoms with E-state index in [0.717, 1.165) is 0 Å². The molecule has 0 aliphatic carbocycles.